The van der Waals surface area contributed by atoms with Crippen molar-refractivity contribution in [1.29, 1.82) is 0 Å². The van der Waals surface area contributed by atoms with Gasteiger partial charge in [-0.25, -0.2) is 0 Å². The molecule has 2 saturated heterocycles. The molecule has 0 bridgehead atoms. The van der Waals surface area contributed by atoms with Gasteiger partial charge >= 0.3 is 0 Å². The minimum Gasteiger partial charge on any atom is -0.356 e. The molecule has 158 valence electrons. The SMILES string of the molecule is CCC(CC)C(=O)N1CCC(NC(=NC)NCC2CCCN(C)C2)CC1.I. The molecule has 6 nitrogen and oxygen atoms in total. The summed E-state index contributed by atoms with van der Waals surface area (Å²) in [6, 6.07) is 0.404. The predicted molar refractivity (Wildman–Crippen MR) is 124 cm³/mol. The average Bonchev–Trinajstić information content (AvgIpc) is 2.66. The molecule has 0 aromatic carbocycles. The third-order valence-corrected chi connectivity index (χ3v) is 5.99. The number of hydrogen-bond donors (Lipinski definition) is 2. The Bertz CT molecular complexity index is 461. The van der Waals surface area contributed by atoms with Crippen molar-refractivity contribution >= 4 is 35.8 Å². The summed E-state index contributed by atoms with van der Waals surface area (Å²) in [5, 5.41) is 7.07. The Morgan fingerprint density at radius 3 is 2.37 bits per heavy atom. The van der Waals surface area contributed by atoms with Crippen LogP contribution < -0.4 is 10.6 Å². The van der Waals surface area contributed by atoms with E-state index in [0.717, 1.165) is 51.3 Å². The maximum atomic E-state index is 12.5. The summed E-state index contributed by atoms with van der Waals surface area (Å²) in [4.78, 5) is 21.4. The first kappa shape index (κ1) is 24.5. The van der Waals surface area contributed by atoms with Crippen LogP contribution in [0.15, 0.2) is 4.99 Å². The van der Waals surface area contributed by atoms with Gasteiger partial charge in [0.05, 0.1) is 0 Å². The molecule has 0 radical (unpaired) electrons. The topological polar surface area (TPSA) is 60.0 Å². The highest BCUT2D eigenvalue weighted by Crippen LogP contribution is 2.17. The molecule has 1 unspecified atom stereocenters. The summed E-state index contributed by atoms with van der Waals surface area (Å²) >= 11 is 0. The lowest BCUT2D eigenvalue weighted by atomic mass is 9.98. The Balaban J connectivity index is 0.00000364. The molecule has 2 aliphatic rings. The van der Waals surface area contributed by atoms with Crippen LogP contribution in [0, 0.1) is 11.8 Å². The Morgan fingerprint density at radius 2 is 1.81 bits per heavy atom. The Labute approximate surface area is 182 Å². The van der Waals surface area contributed by atoms with E-state index in [1.807, 2.05) is 7.05 Å². The molecule has 2 aliphatic heterocycles. The average molecular weight is 493 g/mol. The molecule has 0 spiro atoms. The first-order valence-electron chi connectivity index (χ1n) is 10.5. The number of rotatable bonds is 6. The molecule has 1 atom stereocenters. The molecule has 0 aromatic heterocycles. The van der Waals surface area contributed by atoms with Crippen LogP contribution in [0.5, 0.6) is 0 Å². The minimum atomic E-state index is 0. The van der Waals surface area contributed by atoms with Gasteiger partial charge in [0, 0.05) is 45.2 Å². The maximum absolute atomic E-state index is 12.5. The van der Waals surface area contributed by atoms with E-state index in [1.165, 1.54) is 25.9 Å². The van der Waals surface area contributed by atoms with Gasteiger partial charge in [-0.2, -0.15) is 0 Å². The fourth-order valence-corrected chi connectivity index (χ4v) is 4.21. The highest BCUT2D eigenvalue weighted by Gasteiger charge is 2.27. The third kappa shape index (κ3) is 7.75. The van der Waals surface area contributed by atoms with E-state index in [0.29, 0.717) is 17.9 Å². The molecule has 0 saturated carbocycles. The summed E-state index contributed by atoms with van der Waals surface area (Å²) < 4.78 is 0. The van der Waals surface area contributed by atoms with Crippen LogP contribution in [0.4, 0.5) is 0 Å². The minimum absolute atomic E-state index is 0. The van der Waals surface area contributed by atoms with Crippen LogP contribution in [-0.2, 0) is 4.79 Å². The van der Waals surface area contributed by atoms with Gasteiger partial charge in [-0.3, -0.25) is 9.79 Å². The highest BCUT2D eigenvalue weighted by molar-refractivity contribution is 14.0. The van der Waals surface area contributed by atoms with Crippen molar-refractivity contribution in [2.24, 2.45) is 16.8 Å². The molecule has 0 aliphatic carbocycles. The number of amides is 1. The second-order valence-electron chi connectivity index (χ2n) is 7.98. The van der Waals surface area contributed by atoms with E-state index in [1.54, 1.807) is 0 Å². The van der Waals surface area contributed by atoms with E-state index in [-0.39, 0.29) is 29.9 Å². The number of nitrogens with zero attached hydrogens (tertiary/aromatic N) is 3. The molecular weight excluding hydrogens is 453 g/mol. The van der Waals surface area contributed by atoms with Gasteiger partial charge in [0.1, 0.15) is 0 Å². The summed E-state index contributed by atoms with van der Waals surface area (Å²) in [6.07, 6.45) is 6.47. The van der Waals surface area contributed by atoms with Crippen LogP contribution in [0.2, 0.25) is 0 Å². The van der Waals surface area contributed by atoms with Crippen molar-refractivity contribution in [3.63, 3.8) is 0 Å². The van der Waals surface area contributed by atoms with E-state index in [2.05, 4.69) is 46.3 Å². The van der Waals surface area contributed by atoms with Crippen molar-refractivity contribution < 1.29 is 4.79 Å². The third-order valence-electron chi connectivity index (χ3n) is 5.99. The zero-order valence-electron chi connectivity index (χ0n) is 17.7. The van der Waals surface area contributed by atoms with E-state index >= 15 is 0 Å². The predicted octanol–water partition coefficient (Wildman–Crippen LogP) is 2.54. The second kappa shape index (κ2) is 12.8. The number of carbonyl (C=O) groups excluding carboxylic acids is 1. The number of likely N-dealkylation sites (tertiary alicyclic amines) is 2. The lowest BCUT2D eigenvalue weighted by Gasteiger charge is -2.35. The first-order chi connectivity index (χ1) is 12.6. The summed E-state index contributed by atoms with van der Waals surface area (Å²) in [5.41, 5.74) is 0. The van der Waals surface area contributed by atoms with Crippen LogP contribution in [-0.4, -0.2) is 74.5 Å². The number of nitrogens with one attached hydrogen (secondary N) is 2. The second-order valence-corrected chi connectivity index (χ2v) is 7.98. The lowest BCUT2D eigenvalue weighted by Crippen LogP contribution is -2.51. The number of piperidine rings is 2. The number of hydrogen-bond acceptors (Lipinski definition) is 3. The van der Waals surface area contributed by atoms with Crippen LogP contribution >= 0.6 is 24.0 Å². The standard InChI is InChI=1S/C20H39N5O.HI/c1-5-17(6-2)19(26)25-12-9-18(10-13-25)23-20(21-3)22-14-16-8-7-11-24(4)15-16;/h16-18H,5-15H2,1-4H3,(H2,21,22,23);1H. The van der Waals surface area contributed by atoms with Crippen molar-refractivity contribution in [2.75, 3.05) is 46.8 Å². The highest BCUT2D eigenvalue weighted by atomic mass is 127. The van der Waals surface area contributed by atoms with E-state index in [4.69, 9.17) is 0 Å². The summed E-state index contributed by atoms with van der Waals surface area (Å²) in [5.74, 6) is 2.15. The Hall–Kier alpha value is -0.570. The largest absolute Gasteiger partial charge is 0.356 e. The van der Waals surface area contributed by atoms with Crippen molar-refractivity contribution in [2.45, 2.75) is 58.4 Å². The van der Waals surface area contributed by atoms with Crippen LogP contribution in [0.25, 0.3) is 0 Å². The molecular formula is C20H40IN5O. The van der Waals surface area contributed by atoms with E-state index < -0.39 is 0 Å². The maximum Gasteiger partial charge on any atom is 0.225 e. The quantitative estimate of drug-likeness (QED) is 0.339. The van der Waals surface area contributed by atoms with Gasteiger partial charge in [0.2, 0.25) is 5.91 Å². The van der Waals surface area contributed by atoms with Crippen LogP contribution in [0.1, 0.15) is 52.4 Å². The van der Waals surface area contributed by atoms with Crippen molar-refractivity contribution in [3.8, 4) is 0 Å². The van der Waals surface area contributed by atoms with Gasteiger partial charge in [0.15, 0.2) is 5.96 Å². The molecule has 2 rings (SSSR count). The molecule has 2 heterocycles. The molecule has 1 amide bonds. The smallest absolute Gasteiger partial charge is 0.225 e. The van der Waals surface area contributed by atoms with Gasteiger partial charge in [-0.1, -0.05) is 13.8 Å². The summed E-state index contributed by atoms with van der Waals surface area (Å²) in [6.45, 7) is 9.31. The molecule has 2 N–H and O–H groups in total. The normalized spacial score (nSPS) is 22.5. The van der Waals surface area contributed by atoms with Gasteiger partial charge in [-0.15, -0.1) is 24.0 Å². The fourth-order valence-electron chi connectivity index (χ4n) is 4.21. The van der Waals surface area contributed by atoms with Crippen LogP contribution in [0.3, 0.4) is 0 Å². The first-order valence-corrected chi connectivity index (χ1v) is 10.5. The van der Waals surface area contributed by atoms with Crippen molar-refractivity contribution in [1.82, 2.24) is 20.4 Å². The molecule has 7 heteroatoms. The number of halogens is 1. The number of carbonyl (C=O) groups is 1. The van der Waals surface area contributed by atoms with Crippen molar-refractivity contribution in [3.05, 3.63) is 0 Å². The monoisotopic (exact) mass is 493 g/mol. The molecule has 2 fully saturated rings. The zero-order chi connectivity index (χ0) is 18.9. The molecule has 0 aromatic rings. The fraction of sp³-hybridized carbons (Fsp3) is 0.900. The lowest BCUT2D eigenvalue weighted by molar-refractivity contribution is -0.136. The van der Waals surface area contributed by atoms with Gasteiger partial charge < -0.3 is 20.4 Å². The molecule has 27 heavy (non-hydrogen) atoms. The summed E-state index contributed by atoms with van der Waals surface area (Å²) in [7, 11) is 4.05. The number of aliphatic imine (C=N–C) groups is 1. The number of guanidine groups is 1. The van der Waals surface area contributed by atoms with E-state index in [9.17, 15) is 4.79 Å². The Kier molecular flexibility index (Phi) is 11.6. The zero-order valence-corrected chi connectivity index (χ0v) is 20.0. The van der Waals surface area contributed by atoms with Gasteiger partial charge in [-0.05, 0) is 58.0 Å². The Morgan fingerprint density at radius 1 is 1.15 bits per heavy atom. The van der Waals surface area contributed by atoms with Gasteiger partial charge in [0.25, 0.3) is 0 Å².